The Morgan fingerprint density at radius 3 is 2.48 bits per heavy atom. The van der Waals surface area contributed by atoms with Gasteiger partial charge in [0.25, 0.3) is 0 Å². The van der Waals surface area contributed by atoms with Crippen molar-refractivity contribution in [3.05, 3.63) is 47.5 Å². The monoisotopic (exact) mass is 314 g/mol. The van der Waals surface area contributed by atoms with Crippen molar-refractivity contribution < 1.29 is 14.3 Å². The van der Waals surface area contributed by atoms with Gasteiger partial charge in [0.15, 0.2) is 0 Å². The minimum absolute atomic E-state index is 0.114. The fourth-order valence-electron chi connectivity index (χ4n) is 2.18. The van der Waals surface area contributed by atoms with Crippen molar-refractivity contribution in [2.24, 2.45) is 0 Å². The summed E-state index contributed by atoms with van der Waals surface area (Å²) in [6.45, 7) is 4.11. The predicted octanol–water partition coefficient (Wildman–Crippen LogP) is 3.37. The number of anilines is 2. The average Bonchev–Trinajstić information content (AvgIpc) is 2.56. The van der Waals surface area contributed by atoms with Crippen LogP contribution in [0.15, 0.2) is 36.4 Å². The van der Waals surface area contributed by atoms with Crippen molar-refractivity contribution in [2.75, 3.05) is 31.4 Å². The highest BCUT2D eigenvalue weighted by Gasteiger charge is 2.08. The topological polar surface area (TPSA) is 59.6 Å². The first-order valence-corrected chi connectivity index (χ1v) is 7.36. The van der Waals surface area contributed by atoms with Gasteiger partial charge in [0.2, 0.25) is 5.91 Å². The maximum Gasteiger partial charge on any atom is 0.243 e. The van der Waals surface area contributed by atoms with Gasteiger partial charge in [-0.2, -0.15) is 0 Å². The van der Waals surface area contributed by atoms with E-state index >= 15 is 0 Å². The zero-order chi connectivity index (χ0) is 16.8. The third-order valence-electron chi connectivity index (χ3n) is 3.52. The molecule has 0 radical (unpaired) electrons. The second-order valence-electron chi connectivity index (χ2n) is 5.29. The van der Waals surface area contributed by atoms with Crippen LogP contribution in [-0.4, -0.2) is 26.7 Å². The minimum atomic E-state index is -0.114. The second kappa shape index (κ2) is 7.54. The summed E-state index contributed by atoms with van der Waals surface area (Å²) in [6, 6.07) is 11.4. The molecule has 5 heteroatoms. The molecule has 0 bridgehead atoms. The summed E-state index contributed by atoms with van der Waals surface area (Å²) in [5, 5.41) is 5.99. The van der Waals surface area contributed by atoms with Crippen molar-refractivity contribution in [1.29, 1.82) is 0 Å². The molecule has 2 aromatic rings. The fourth-order valence-corrected chi connectivity index (χ4v) is 2.18. The molecule has 2 N–H and O–H groups in total. The van der Waals surface area contributed by atoms with Crippen LogP contribution in [0, 0.1) is 13.8 Å². The summed E-state index contributed by atoms with van der Waals surface area (Å²) in [5.41, 5.74) is 3.71. The van der Waals surface area contributed by atoms with Gasteiger partial charge in [-0.15, -0.1) is 0 Å². The number of ether oxygens (including phenoxy) is 2. The Balaban J connectivity index is 2.00. The van der Waals surface area contributed by atoms with Crippen LogP contribution in [0.2, 0.25) is 0 Å². The van der Waals surface area contributed by atoms with Gasteiger partial charge in [-0.3, -0.25) is 4.79 Å². The fraction of sp³-hybridized carbons (Fsp3) is 0.278. The van der Waals surface area contributed by atoms with E-state index in [1.807, 2.05) is 44.2 Å². The summed E-state index contributed by atoms with van der Waals surface area (Å²) in [4.78, 5) is 12.1. The predicted molar refractivity (Wildman–Crippen MR) is 92.6 cm³/mol. The van der Waals surface area contributed by atoms with Gasteiger partial charge in [0, 0.05) is 11.8 Å². The lowest BCUT2D eigenvalue weighted by Crippen LogP contribution is -2.22. The number of amides is 1. The molecule has 2 aromatic carbocycles. The maximum absolute atomic E-state index is 12.1. The number of benzene rings is 2. The number of rotatable bonds is 6. The smallest absolute Gasteiger partial charge is 0.243 e. The van der Waals surface area contributed by atoms with Gasteiger partial charge in [-0.05, 0) is 43.2 Å². The lowest BCUT2D eigenvalue weighted by Gasteiger charge is -2.13. The molecule has 0 heterocycles. The molecule has 1 amide bonds. The highest BCUT2D eigenvalue weighted by molar-refractivity contribution is 5.94. The number of nitrogens with one attached hydrogen (secondary N) is 2. The van der Waals surface area contributed by atoms with Gasteiger partial charge in [0.1, 0.15) is 11.5 Å². The van der Waals surface area contributed by atoms with E-state index in [1.54, 1.807) is 20.3 Å². The van der Waals surface area contributed by atoms with Gasteiger partial charge in [0.05, 0.1) is 26.5 Å². The standard InChI is InChI=1S/C18H22N2O3/c1-12-5-6-13(2)16(9-12)20-18(21)11-19-15-8-7-14(22-3)10-17(15)23-4/h5-10,19H,11H2,1-4H3,(H,20,21). The van der Waals surface area contributed by atoms with Gasteiger partial charge < -0.3 is 20.1 Å². The first kappa shape index (κ1) is 16.7. The summed E-state index contributed by atoms with van der Waals surface area (Å²) in [5.74, 6) is 1.22. The van der Waals surface area contributed by atoms with E-state index in [0.717, 1.165) is 22.5 Å². The van der Waals surface area contributed by atoms with E-state index < -0.39 is 0 Å². The summed E-state index contributed by atoms with van der Waals surface area (Å²) in [6.07, 6.45) is 0. The Kier molecular flexibility index (Phi) is 5.46. The van der Waals surface area contributed by atoms with E-state index in [9.17, 15) is 4.79 Å². The normalized spacial score (nSPS) is 10.1. The Hall–Kier alpha value is -2.69. The molecule has 0 aliphatic heterocycles. The van der Waals surface area contributed by atoms with Crippen LogP contribution in [0.3, 0.4) is 0 Å². The third-order valence-corrected chi connectivity index (χ3v) is 3.52. The third kappa shape index (κ3) is 4.39. The number of hydrogen-bond acceptors (Lipinski definition) is 4. The number of aryl methyl sites for hydroxylation is 2. The minimum Gasteiger partial charge on any atom is -0.497 e. The SMILES string of the molecule is COc1ccc(NCC(=O)Nc2cc(C)ccc2C)c(OC)c1. The van der Waals surface area contributed by atoms with Crippen molar-refractivity contribution in [3.63, 3.8) is 0 Å². The summed E-state index contributed by atoms with van der Waals surface area (Å²) >= 11 is 0. The molecule has 0 aromatic heterocycles. The molecule has 0 saturated heterocycles. The number of hydrogen-bond donors (Lipinski definition) is 2. The molecule has 23 heavy (non-hydrogen) atoms. The largest absolute Gasteiger partial charge is 0.497 e. The van der Waals surface area contributed by atoms with Crippen molar-refractivity contribution in [1.82, 2.24) is 0 Å². The van der Waals surface area contributed by atoms with Gasteiger partial charge >= 0.3 is 0 Å². The first-order chi connectivity index (χ1) is 11.0. The Bertz CT molecular complexity index is 699. The quantitative estimate of drug-likeness (QED) is 0.858. The maximum atomic E-state index is 12.1. The molecule has 0 aliphatic carbocycles. The summed E-state index contributed by atoms with van der Waals surface area (Å²) < 4.78 is 10.5. The van der Waals surface area contributed by atoms with Crippen LogP contribution in [-0.2, 0) is 4.79 Å². The lowest BCUT2D eigenvalue weighted by molar-refractivity contribution is -0.114. The molecular formula is C18H22N2O3. The van der Waals surface area contributed by atoms with Crippen LogP contribution in [0.25, 0.3) is 0 Å². The van der Waals surface area contributed by atoms with Crippen LogP contribution in [0.4, 0.5) is 11.4 Å². The highest BCUT2D eigenvalue weighted by Crippen LogP contribution is 2.28. The Morgan fingerprint density at radius 1 is 1.00 bits per heavy atom. The first-order valence-electron chi connectivity index (χ1n) is 7.36. The van der Waals surface area contributed by atoms with Gasteiger partial charge in [-0.25, -0.2) is 0 Å². The summed E-state index contributed by atoms with van der Waals surface area (Å²) in [7, 11) is 3.18. The van der Waals surface area contributed by atoms with E-state index in [-0.39, 0.29) is 12.5 Å². The molecule has 0 spiro atoms. The molecule has 122 valence electrons. The molecule has 0 saturated carbocycles. The van der Waals surface area contributed by atoms with Crippen molar-refractivity contribution >= 4 is 17.3 Å². The van der Waals surface area contributed by atoms with Crippen LogP contribution in [0.5, 0.6) is 11.5 Å². The molecule has 0 fully saturated rings. The second-order valence-corrected chi connectivity index (χ2v) is 5.29. The zero-order valence-electron chi connectivity index (χ0n) is 13.9. The zero-order valence-corrected chi connectivity index (χ0v) is 13.9. The Labute approximate surface area is 136 Å². The van der Waals surface area contributed by atoms with E-state index in [0.29, 0.717) is 11.5 Å². The molecule has 2 rings (SSSR count). The molecule has 0 unspecified atom stereocenters. The van der Waals surface area contributed by atoms with Crippen LogP contribution < -0.4 is 20.1 Å². The van der Waals surface area contributed by atoms with Crippen molar-refractivity contribution in [3.8, 4) is 11.5 Å². The number of carbonyl (C=O) groups is 1. The van der Waals surface area contributed by atoms with Crippen LogP contribution in [0.1, 0.15) is 11.1 Å². The molecule has 0 atom stereocenters. The van der Waals surface area contributed by atoms with E-state index in [4.69, 9.17) is 9.47 Å². The molecule has 0 aliphatic rings. The Morgan fingerprint density at radius 2 is 1.78 bits per heavy atom. The van der Waals surface area contributed by atoms with E-state index in [1.165, 1.54) is 0 Å². The van der Waals surface area contributed by atoms with Crippen LogP contribution >= 0.6 is 0 Å². The van der Waals surface area contributed by atoms with Crippen molar-refractivity contribution in [2.45, 2.75) is 13.8 Å². The number of methoxy groups -OCH3 is 2. The number of carbonyl (C=O) groups excluding carboxylic acids is 1. The lowest BCUT2D eigenvalue weighted by atomic mass is 10.1. The highest BCUT2D eigenvalue weighted by atomic mass is 16.5. The van der Waals surface area contributed by atoms with E-state index in [2.05, 4.69) is 10.6 Å². The average molecular weight is 314 g/mol. The molecular weight excluding hydrogens is 292 g/mol. The van der Waals surface area contributed by atoms with Gasteiger partial charge in [-0.1, -0.05) is 12.1 Å². The molecule has 5 nitrogen and oxygen atoms in total.